The molecule has 1 aliphatic rings. The van der Waals surface area contributed by atoms with Crippen molar-refractivity contribution in [1.29, 1.82) is 0 Å². The maximum atomic E-state index is 13.0. The molecule has 6 nitrogen and oxygen atoms in total. The summed E-state index contributed by atoms with van der Waals surface area (Å²) in [6.45, 7) is 3.90. The average Bonchev–Trinajstić information content (AvgIpc) is 3.26. The fourth-order valence-electron chi connectivity index (χ4n) is 3.17. The van der Waals surface area contributed by atoms with Crippen LogP contribution in [0.25, 0.3) is 0 Å². The molecule has 0 radical (unpaired) electrons. The summed E-state index contributed by atoms with van der Waals surface area (Å²) >= 11 is 6.34. The van der Waals surface area contributed by atoms with Gasteiger partial charge < -0.3 is 10.2 Å². The van der Waals surface area contributed by atoms with E-state index < -0.39 is 0 Å². The zero-order valence-electron chi connectivity index (χ0n) is 15.2. The lowest BCUT2D eigenvalue weighted by Gasteiger charge is -2.15. The predicted octanol–water partition coefficient (Wildman–Crippen LogP) is 2.77. The lowest BCUT2D eigenvalue weighted by Crippen LogP contribution is -2.32. The zero-order chi connectivity index (χ0) is 19.4. The lowest BCUT2D eigenvalue weighted by molar-refractivity contribution is -0.129. The van der Waals surface area contributed by atoms with Crippen LogP contribution in [0.5, 0.6) is 0 Å². The Labute approximate surface area is 162 Å². The van der Waals surface area contributed by atoms with E-state index in [-0.39, 0.29) is 35.8 Å². The molecule has 0 unspecified atom stereocenters. The smallest absolute Gasteiger partial charge is 0.256 e. The lowest BCUT2D eigenvalue weighted by atomic mass is 10.2. The highest BCUT2D eigenvalue weighted by Gasteiger charge is 2.21. The van der Waals surface area contributed by atoms with Crippen molar-refractivity contribution < 1.29 is 14.0 Å². The molecular weight excluding hydrogens is 371 g/mol. The summed E-state index contributed by atoms with van der Waals surface area (Å²) in [7, 11) is 0. The number of nitrogens with zero attached hydrogens (tertiary/aromatic N) is 3. The standard InChI is InChI=1S/C19H22ClFN4O2/c1-13-17(19(27)22-9-8-16(26)24-10-2-3-11-24)18(20)25(23-13)12-14-4-6-15(21)7-5-14/h4-7H,2-3,8-12H2,1H3,(H,22,27). The van der Waals surface area contributed by atoms with Crippen molar-refractivity contribution in [3.05, 3.63) is 52.1 Å². The maximum absolute atomic E-state index is 13.0. The van der Waals surface area contributed by atoms with Crippen molar-refractivity contribution in [2.24, 2.45) is 0 Å². The van der Waals surface area contributed by atoms with Gasteiger partial charge in [-0.25, -0.2) is 9.07 Å². The van der Waals surface area contributed by atoms with Crippen LogP contribution in [0.4, 0.5) is 4.39 Å². The molecule has 2 aromatic rings. The number of hydrogen-bond donors (Lipinski definition) is 1. The first kappa shape index (κ1) is 19.4. The van der Waals surface area contributed by atoms with E-state index in [4.69, 9.17) is 11.6 Å². The predicted molar refractivity (Wildman–Crippen MR) is 100 cm³/mol. The van der Waals surface area contributed by atoms with Crippen LogP contribution >= 0.6 is 11.6 Å². The highest BCUT2D eigenvalue weighted by atomic mass is 35.5. The van der Waals surface area contributed by atoms with Gasteiger partial charge >= 0.3 is 0 Å². The van der Waals surface area contributed by atoms with E-state index in [2.05, 4.69) is 10.4 Å². The Bertz CT molecular complexity index is 829. The van der Waals surface area contributed by atoms with Gasteiger partial charge in [-0.2, -0.15) is 5.10 Å². The summed E-state index contributed by atoms with van der Waals surface area (Å²) < 4.78 is 14.5. The molecule has 1 aliphatic heterocycles. The number of amides is 2. The van der Waals surface area contributed by atoms with E-state index in [1.54, 1.807) is 19.1 Å². The molecular formula is C19H22ClFN4O2. The average molecular weight is 393 g/mol. The van der Waals surface area contributed by atoms with Gasteiger partial charge in [0.1, 0.15) is 11.0 Å². The third kappa shape index (κ3) is 4.66. The van der Waals surface area contributed by atoms with Crippen LogP contribution in [-0.2, 0) is 11.3 Å². The largest absolute Gasteiger partial charge is 0.351 e. The van der Waals surface area contributed by atoms with Crippen LogP contribution in [0.2, 0.25) is 5.15 Å². The van der Waals surface area contributed by atoms with Crippen molar-refractivity contribution in [3.63, 3.8) is 0 Å². The van der Waals surface area contributed by atoms with Crippen LogP contribution < -0.4 is 5.32 Å². The molecule has 1 N–H and O–H groups in total. The van der Waals surface area contributed by atoms with Crippen LogP contribution in [-0.4, -0.2) is 46.1 Å². The van der Waals surface area contributed by atoms with Crippen molar-refractivity contribution in [2.75, 3.05) is 19.6 Å². The molecule has 3 rings (SSSR count). The topological polar surface area (TPSA) is 67.2 Å². The fourth-order valence-corrected chi connectivity index (χ4v) is 3.49. The van der Waals surface area contributed by atoms with Gasteiger partial charge in [0.05, 0.1) is 17.8 Å². The first-order chi connectivity index (χ1) is 13.0. The number of carbonyl (C=O) groups excluding carboxylic acids is 2. The second kappa shape index (κ2) is 8.52. The Balaban J connectivity index is 1.60. The highest BCUT2D eigenvalue weighted by Crippen LogP contribution is 2.21. The Morgan fingerprint density at radius 2 is 1.89 bits per heavy atom. The first-order valence-corrected chi connectivity index (χ1v) is 9.37. The zero-order valence-corrected chi connectivity index (χ0v) is 15.9. The van der Waals surface area contributed by atoms with E-state index in [0.29, 0.717) is 17.8 Å². The van der Waals surface area contributed by atoms with Crippen LogP contribution in [0.3, 0.4) is 0 Å². The molecule has 2 amide bonds. The summed E-state index contributed by atoms with van der Waals surface area (Å²) in [5.74, 6) is -0.607. The van der Waals surface area contributed by atoms with Gasteiger partial charge in [0.15, 0.2) is 0 Å². The van der Waals surface area contributed by atoms with Crippen LogP contribution in [0.15, 0.2) is 24.3 Å². The van der Waals surface area contributed by atoms with E-state index in [1.165, 1.54) is 16.8 Å². The second-order valence-electron chi connectivity index (χ2n) is 6.63. The molecule has 1 aromatic heterocycles. The summed E-state index contributed by atoms with van der Waals surface area (Å²) in [6.07, 6.45) is 2.35. The Morgan fingerprint density at radius 3 is 2.56 bits per heavy atom. The quantitative estimate of drug-likeness (QED) is 0.822. The molecule has 0 saturated carbocycles. The molecule has 27 heavy (non-hydrogen) atoms. The minimum absolute atomic E-state index is 0.0580. The normalized spacial score (nSPS) is 13.8. The minimum Gasteiger partial charge on any atom is -0.351 e. The monoisotopic (exact) mass is 392 g/mol. The van der Waals surface area contributed by atoms with Gasteiger partial charge in [0.2, 0.25) is 5.91 Å². The summed E-state index contributed by atoms with van der Waals surface area (Å²) in [5, 5.41) is 7.28. The third-order valence-electron chi connectivity index (χ3n) is 4.62. The number of rotatable bonds is 6. The van der Waals surface area contributed by atoms with Gasteiger partial charge in [-0.3, -0.25) is 9.59 Å². The number of aryl methyl sites for hydroxylation is 1. The number of halogens is 2. The number of nitrogens with one attached hydrogen (secondary N) is 1. The third-order valence-corrected chi connectivity index (χ3v) is 5.01. The summed E-state index contributed by atoms with van der Waals surface area (Å²) in [5.41, 5.74) is 1.63. The van der Waals surface area contributed by atoms with Crippen molar-refractivity contribution >= 4 is 23.4 Å². The number of benzene rings is 1. The molecule has 1 saturated heterocycles. The SMILES string of the molecule is Cc1nn(Cc2ccc(F)cc2)c(Cl)c1C(=O)NCCC(=O)N1CCCC1. The molecule has 1 aromatic carbocycles. The van der Waals surface area contributed by atoms with Gasteiger partial charge in [-0.15, -0.1) is 0 Å². The molecule has 8 heteroatoms. The first-order valence-electron chi connectivity index (χ1n) is 8.99. The Hall–Kier alpha value is -2.41. The van der Waals surface area contributed by atoms with Crippen LogP contribution in [0.1, 0.15) is 40.9 Å². The molecule has 2 heterocycles. The van der Waals surface area contributed by atoms with E-state index in [0.717, 1.165) is 31.5 Å². The molecule has 0 aliphatic carbocycles. The molecule has 0 atom stereocenters. The Kier molecular flexibility index (Phi) is 6.11. The number of aromatic nitrogens is 2. The molecule has 144 valence electrons. The molecule has 0 spiro atoms. The summed E-state index contributed by atoms with van der Waals surface area (Å²) in [6, 6.07) is 6.02. The highest BCUT2D eigenvalue weighted by molar-refractivity contribution is 6.33. The number of hydrogen-bond acceptors (Lipinski definition) is 3. The van der Waals surface area contributed by atoms with E-state index in [9.17, 15) is 14.0 Å². The van der Waals surface area contributed by atoms with Crippen molar-refractivity contribution in [1.82, 2.24) is 20.0 Å². The van der Waals surface area contributed by atoms with E-state index >= 15 is 0 Å². The van der Waals surface area contributed by atoms with Gasteiger partial charge in [-0.1, -0.05) is 23.7 Å². The van der Waals surface area contributed by atoms with Crippen LogP contribution in [0, 0.1) is 12.7 Å². The summed E-state index contributed by atoms with van der Waals surface area (Å²) in [4.78, 5) is 26.3. The van der Waals surface area contributed by atoms with Gasteiger partial charge in [0.25, 0.3) is 5.91 Å². The van der Waals surface area contributed by atoms with Gasteiger partial charge in [-0.05, 0) is 37.5 Å². The number of likely N-dealkylation sites (tertiary alicyclic amines) is 1. The Morgan fingerprint density at radius 1 is 1.22 bits per heavy atom. The maximum Gasteiger partial charge on any atom is 0.256 e. The number of carbonyl (C=O) groups is 2. The van der Waals surface area contributed by atoms with Crippen molar-refractivity contribution in [2.45, 2.75) is 32.7 Å². The van der Waals surface area contributed by atoms with Crippen molar-refractivity contribution in [3.8, 4) is 0 Å². The fraction of sp³-hybridized carbons (Fsp3) is 0.421. The second-order valence-corrected chi connectivity index (χ2v) is 6.99. The van der Waals surface area contributed by atoms with Gasteiger partial charge in [0, 0.05) is 26.1 Å². The molecule has 1 fully saturated rings. The molecule has 0 bridgehead atoms. The minimum atomic E-state index is -0.350. The van der Waals surface area contributed by atoms with E-state index in [1.807, 2.05) is 4.90 Å².